The predicted molar refractivity (Wildman–Crippen MR) is 102 cm³/mol. The number of carbonyl (C=O) groups excluding carboxylic acids is 1. The highest BCUT2D eigenvalue weighted by molar-refractivity contribution is 7.89. The van der Waals surface area contributed by atoms with Crippen LogP contribution in [0.15, 0.2) is 65.6 Å². The first-order valence-electron chi connectivity index (χ1n) is 8.87. The van der Waals surface area contributed by atoms with Gasteiger partial charge in [-0.3, -0.25) is 4.79 Å². The van der Waals surface area contributed by atoms with E-state index in [0.717, 1.165) is 28.1 Å². The van der Waals surface area contributed by atoms with Gasteiger partial charge in [-0.2, -0.15) is 17.5 Å². The van der Waals surface area contributed by atoms with Crippen molar-refractivity contribution in [2.45, 2.75) is 11.1 Å². The number of alkyl halides is 3. The summed E-state index contributed by atoms with van der Waals surface area (Å²) in [5, 5.41) is 0. The van der Waals surface area contributed by atoms with Gasteiger partial charge in [-0.15, -0.1) is 0 Å². The zero-order valence-electron chi connectivity index (χ0n) is 15.3. The summed E-state index contributed by atoms with van der Waals surface area (Å²) >= 11 is 0. The molecule has 0 aliphatic carbocycles. The van der Waals surface area contributed by atoms with E-state index in [0.29, 0.717) is 6.07 Å². The van der Waals surface area contributed by atoms with Crippen molar-refractivity contribution in [1.29, 1.82) is 0 Å². The lowest BCUT2D eigenvalue weighted by Crippen LogP contribution is -2.50. The highest BCUT2D eigenvalue weighted by Crippen LogP contribution is 2.31. The molecule has 154 valence electrons. The third-order valence-electron chi connectivity index (χ3n) is 4.57. The Morgan fingerprint density at radius 2 is 1.59 bits per heavy atom. The van der Waals surface area contributed by atoms with Crippen molar-refractivity contribution in [3.63, 3.8) is 0 Å². The molecule has 9 heteroatoms. The SMILES string of the molecule is O=C(/C=C/c1ccccc1)N1CCN(S(=O)(=O)c2cccc(C(F)(F)F)c2)CC1. The van der Waals surface area contributed by atoms with Crippen LogP contribution >= 0.6 is 0 Å². The molecular weight excluding hydrogens is 405 g/mol. The van der Waals surface area contributed by atoms with Crippen LogP contribution in [0.25, 0.3) is 6.08 Å². The fourth-order valence-electron chi connectivity index (χ4n) is 2.97. The van der Waals surface area contributed by atoms with E-state index in [9.17, 15) is 26.4 Å². The maximum absolute atomic E-state index is 12.9. The Bertz CT molecular complexity index is 997. The zero-order valence-corrected chi connectivity index (χ0v) is 16.2. The van der Waals surface area contributed by atoms with Gasteiger partial charge in [0.1, 0.15) is 0 Å². The van der Waals surface area contributed by atoms with Crippen molar-refractivity contribution >= 4 is 22.0 Å². The molecule has 1 fully saturated rings. The fraction of sp³-hybridized carbons (Fsp3) is 0.250. The van der Waals surface area contributed by atoms with Crippen LogP contribution in [0.5, 0.6) is 0 Å². The van der Waals surface area contributed by atoms with Gasteiger partial charge < -0.3 is 4.90 Å². The second-order valence-corrected chi connectivity index (χ2v) is 8.44. The summed E-state index contributed by atoms with van der Waals surface area (Å²) in [6, 6.07) is 12.9. The topological polar surface area (TPSA) is 57.7 Å². The molecule has 0 saturated carbocycles. The summed E-state index contributed by atoms with van der Waals surface area (Å²) in [4.78, 5) is 13.4. The van der Waals surface area contributed by atoms with E-state index < -0.39 is 26.7 Å². The van der Waals surface area contributed by atoms with Crippen molar-refractivity contribution in [1.82, 2.24) is 9.21 Å². The Labute approximate surface area is 167 Å². The average Bonchev–Trinajstić information content (AvgIpc) is 2.72. The molecule has 0 N–H and O–H groups in total. The van der Waals surface area contributed by atoms with Crippen LogP contribution in [0, 0.1) is 0 Å². The predicted octanol–water partition coefficient (Wildman–Crippen LogP) is 3.25. The van der Waals surface area contributed by atoms with Crippen LogP contribution in [0.4, 0.5) is 13.2 Å². The van der Waals surface area contributed by atoms with Gasteiger partial charge in [0, 0.05) is 32.3 Å². The van der Waals surface area contributed by atoms with Crippen molar-refractivity contribution < 1.29 is 26.4 Å². The van der Waals surface area contributed by atoms with Crippen LogP contribution in [0.3, 0.4) is 0 Å². The molecule has 2 aromatic rings. The number of piperazine rings is 1. The maximum atomic E-state index is 12.9. The quantitative estimate of drug-likeness (QED) is 0.708. The molecule has 1 heterocycles. The first-order valence-corrected chi connectivity index (χ1v) is 10.3. The summed E-state index contributed by atoms with van der Waals surface area (Å²) in [5.74, 6) is -0.245. The number of benzene rings is 2. The van der Waals surface area contributed by atoms with Crippen molar-refractivity contribution in [3.8, 4) is 0 Å². The Balaban J connectivity index is 1.65. The van der Waals surface area contributed by atoms with Crippen LogP contribution in [0.1, 0.15) is 11.1 Å². The van der Waals surface area contributed by atoms with E-state index in [4.69, 9.17) is 0 Å². The second kappa shape index (κ2) is 8.38. The molecule has 0 atom stereocenters. The molecule has 1 aliphatic rings. The number of hydrogen-bond acceptors (Lipinski definition) is 3. The minimum Gasteiger partial charge on any atom is -0.337 e. The molecule has 0 aromatic heterocycles. The number of carbonyl (C=O) groups is 1. The number of amides is 1. The molecule has 2 aromatic carbocycles. The largest absolute Gasteiger partial charge is 0.416 e. The third-order valence-corrected chi connectivity index (χ3v) is 6.46. The summed E-state index contributed by atoms with van der Waals surface area (Å²) in [6.45, 7) is 0.360. The van der Waals surface area contributed by atoms with Gasteiger partial charge in [0.05, 0.1) is 10.5 Å². The Kier molecular flexibility index (Phi) is 6.09. The first-order chi connectivity index (χ1) is 13.7. The number of halogens is 3. The highest BCUT2D eigenvalue weighted by Gasteiger charge is 2.34. The van der Waals surface area contributed by atoms with Crippen LogP contribution in [0.2, 0.25) is 0 Å². The van der Waals surface area contributed by atoms with Gasteiger partial charge in [-0.25, -0.2) is 8.42 Å². The van der Waals surface area contributed by atoms with Gasteiger partial charge >= 0.3 is 6.18 Å². The monoisotopic (exact) mass is 424 g/mol. The van der Waals surface area contributed by atoms with Crippen molar-refractivity contribution in [2.24, 2.45) is 0 Å². The average molecular weight is 424 g/mol. The van der Waals surface area contributed by atoms with E-state index in [-0.39, 0.29) is 32.1 Å². The zero-order chi connectivity index (χ0) is 21.1. The number of rotatable bonds is 4. The molecule has 0 spiro atoms. The van der Waals surface area contributed by atoms with Gasteiger partial charge in [0.15, 0.2) is 0 Å². The lowest BCUT2D eigenvalue weighted by Gasteiger charge is -2.33. The maximum Gasteiger partial charge on any atom is 0.416 e. The minimum atomic E-state index is -4.62. The van der Waals surface area contributed by atoms with Gasteiger partial charge in [-0.05, 0) is 29.8 Å². The molecule has 1 amide bonds. The van der Waals surface area contributed by atoms with E-state index in [2.05, 4.69) is 0 Å². The molecule has 3 rings (SSSR count). The van der Waals surface area contributed by atoms with E-state index in [1.165, 1.54) is 11.0 Å². The van der Waals surface area contributed by atoms with E-state index in [1.807, 2.05) is 30.3 Å². The standard InChI is InChI=1S/C20H19F3N2O3S/c21-20(22,23)17-7-4-8-18(15-17)29(27,28)25-13-11-24(12-14-25)19(26)10-9-16-5-2-1-3-6-16/h1-10,15H,11-14H2/b10-9+. The molecule has 5 nitrogen and oxygen atoms in total. The summed E-state index contributed by atoms with van der Waals surface area (Å²) in [7, 11) is -4.07. The Morgan fingerprint density at radius 3 is 2.21 bits per heavy atom. The fourth-order valence-corrected chi connectivity index (χ4v) is 4.44. The molecule has 1 aliphatic heterocycles. The lowest BCUT2D eigenvalue weighted by molar-refractivity contribution is -0.137. The molecule has 0 radical (unpaired) electrons. The number of nitrogens with zero attached hydrogens (tertiary/aromatic N) is 2. The first kappa shape index (κ1) is 21.1. The van der Waals surface area contributed by atoms with E-state index >= 15 is 0 Å². The van der Waals surface area contributed by atoms with Crippen LogP contribution < -0.4 is 0 Å². The molecule has 0 bridgehead atoms. The normalized spacial score (nSPS) is 16.3. The van der Waals surface area contributed by atoms with E-state index in [1.54, 1.807) is 6.08 Å². The molecule has 29 heavy (non-hydrogen) atoms. The number of sulfonamides is 1. The summed E-state index contributed by atoms with van der Waals surface area (Å²) < 4.78 is 65.1. The molecule has 0 unspecified atom stereocenters. The smallest absolute Gasteiger partial charge is 0.337 e. The molecular formula is C20H19F3N2O3S. The minimum absolute atomic E-state index is 0.0174. The lowest BCUT2D eigenvalue weighted by atomic mass is 10.2. The third kappa shape index (κ3) is 5.04. The van der Waals surface area contributed by atoms with Crippen LogP contribution in [-0.4, -0.2) is 49.7 Å². The molecule has 1 saturated heterocycles. The van der Waals surface area contributed by atoms with Crippen molar-refractivity contribution in [2.75, 3.05) is 26.2 Å². The highest BCUT2D eigenvalue weighted by atomic mass is 32.2. The van der Waals surface area contributed by atoms with Crippen LogP contribution in [-0.2, 0) is 21.0 Å². The second-order valence-electron chi connectivity index (χ2n) is 6.50. The summed E-state index contributed by atoms with van der Waals surface area (Å²) in [5.41, 5.74) is -0.148. The van der Waals surface area contributed by atoms with Crippen molar-refractivity contribution in [3.05, 3.63) is 71.8 Å². The Morgan fingerprint density at radius 1 is 0.931 bits per heavy atom. The van der Waals surface area contributed by atoms with Gasteiger partial charge in [0.25, 0.3) is 0 Å². The van der Waals surface area contributed by atoms with Gasteiger partial charge in [0.2, 0.25) is 15.9 Å². The number of hydrogen-bond donors (Lipinski definition) is 0. The Hall–Kier alpha value is -2.65. The van der Waals surface area contributed by atoms with Gasteiger partial charge in [-0.1, -0.05) is 36.4 Å². The summed E-state index contributed by atoms with van der Waals surface area (Å²) in [6.07, 6.45) is -1.53.